The predicted octanol–water partition coefficient (Wildman–Crippen LogP) is 3.82. The van der Waals surface area contributed by atoms with E-state index >= 15 is 0 Å². The maximum absolute atomic E-state index is 12.8. The number of nitrogens with two attached hydrogens (primary N) is 2. The lowest BCUT2D eigenvalue weighted by Gasteiger charge is -2.37. The van der Waals surface area contributed by atoms with E-state index in [1.54, 1.807) is 17.0 Å². The van der Waals surface area contributed by atoms with Gasteiger partial charge in [-0.25, -0.2) is 0 Å². The summed E-state index contributed by atoms with van der Waals surface area (Å²) < 4.78 is 5.91. The molecule has 192 valence electrons. The number of aliphatic hydroxyl groups is 1. The van der Waals surface area contributed by atoms with Crippen LogP contribution in [0.5, 0.6) is 5.75 Å². The van der Waals surface area contributed by atoms with Crippen LogP contribution in [0.15, 0.2) is 18.2 Å². The number of nitrogens with one attached hydrogen (secondary N) is 1. The number of likely N-dealkylation sites (tertiary alicyclic amines) is 1. The Morgan fingerprint density at radius 2 is 1.80 bits per heavy atom. The van der Waals surface area contributed by atoms with Crippen molar-refractivity contribution in [2.24, 2.45) is 0 Å². The molecule has 1 unspecified atom stereocenters. The van der Waals surface area contributed by atoms with Crippen LogP contribution in [-0.2, 0) is 4.79 Å². The molecule has 6 N–H and O–H groups in total. The third-order valence-electron chi connectivity index (χ3n) is 6.74. The number of aliphatic hydroxyl groups excluding tert-OH is 1. The molecule has 0 spiro atoms. The highest BCUT2D eigenvalue weighted by Crippen LogP contribution is 2.32. The molecule has 3 rings (SSSR count). The van der Waals surface area contributed by atoms with Crippen LogP contribution >= 0.6 is 23.2 Å². The van der Waals surface area contributed by atoms with Gasteiger partial charge in [0.2, 0.25) is 0 Å². The number of nitrogen functional groups attached to an aromatic ring is 2. The molecule has 0 aromatic heterocycles. The summed E-state index contributed by atoms with van der Waals surface area (Å²) in [7, 11) is 1.82. The van der Waals surface area contributed by atoms with Crippen LogP contribution in [0.4, 0.5) is 17.1 Å². The number of hydrogen-bond acceptors (Lipinski definition) is 7. The Bertz CT molecular complexity index is 1070. The van der Waals surface area contributed by atoms with E-state index in [9.17, 15) is 9.90 Å². The Morgan fingerprint density at radius 1 is 1.14 bits per heavy atom. The molecular weight excluding hydrogens is 489 g/mol. The van der Waals surface area contributed by atoms with Crippen LogP contribution in [0, 0.1) is 20.8 Å². The third-order valence-corrected chi connectivity index (χ3v) is 7.38. The van der Waals surface area contributed by atoms with Gasteiger partial charge in [0.15, 0.2) is 6.61 Å². The fraction of sp³-hybridized carbons (Fsp3) is 0.480. The first-order valence-corrected chi connectivity index (χ1v) is 12.4. The summed E-state index contributed by atoms with van der Waals surface area (Å²) in [6.45, 7) is 7.75. The number of aryl methyl sites for hydroxylation is 1. The average molecular weight is 524 g/mol. The summed E-state index contributed by atoms with van der Waals surface area (Å²) >= 11 is 12.2. The van der Waals surface area contributed by atoms with E-state index in [-0.39, 0.29) is 18.6 Å². The molecule has 2 aromatic rings. The lowest BCUT2D eigenvalue weighted by atomic mass is 10.0. The summed E-state index contributed by atoms with van der Waals surface area (Å²) in [5.74, 6) is 0.658. The second-order valence-electron chi connectivity index (χ2n) is 9.20. The summed E-state index contributed by atoms with van der Waals surface area (Å²) in [6, 6.07) is 5.15. The summed E-state index contributed by atoms with van der Waals surface area (Å²) in [4.78, 5) is 16.7. The van der Waals surface area contributed by atoms with Gasteiger partial charge in [-0.1, -0.05) is 23.2 Å². The molecule has 1 saturated heterocycles. The quantitative estimate of drug-likeness (QED) is 0.307. The van der Waals surface area contributed by atoms with Gasteiger partial charge in [-0.15, -0.1) is 0 Å². The first-order valence-electron chi connectivity index (χ1n) is 11.6. The number of halogens is 2. The number of piperidine rings is 1. The van der Waals surface area contributed by atoms with E-state index in [0.717, 1.165) is 54.1 Å². The van der Waals surface area contributed by atoms with Crippen LogP contribution in [0.3, 0.4) is 0 Å². The summed E-state index contributed by atoms with van der Waals surface area (Å²) in [6.07, 6.45) is 0.789. The second kappa shape index (κ2) is 11.6. The second-order valence-corrected chi connectivity index (χ2v) is 10.0. The fourth-order valence-electron chi connectivity index (χ4n) is 4.38. The Morgan fingerprint density at radius 3 is 2.46 bits per heavy atom. The van der Waals surface area contributed by atoms with Crippen LogP contribution in [0.1, 0.15) is 29.5 Å². The SMILES string of the molecule is Cc1cc(N)c(C)c(C)c1OCC(=O)N(C)C1CCN(CC(O)Nc2cc(Cl)c(N)cc2Cl)CC1. The van der Waals surface area contributed by atoms with E-state index in [0.29, 0.717) is 28.0 Å². The minimum absolute atomic E-state index is 0.0186. The van der Waals surface area contributed by atoms with E-state index < -0.39 is 6.23 Å². The van der Waals surface area contributed by atoms with E-state index in [1.807, 2.05) is 33.9 Å². The highest BCUT2D eigenvalue weighted by atomic mass is 35.5. The largest absolute Gasteiger partial charge is 0.483 e. The van der Waals surface area contributed by atoms with Gasteiger partial charge in [0, 0.05) is 38.4 Å². The molecule has 1 amide bonds. The van der Waals surface area contributed by atoms with Gasteiger partial charge in [-0.2, -0.15) is 0 Å². The molecule has 10 heteroatoms. The fourth-order valence-corrected chi connectivity index (χ4v) is 4.77. The molecule has 35 heavy (non-hydrogen) atoms. The van der Waals surface area contributed by atoms with E-state index in [2.05, 4.69) is 10.2 Å². The number of anilines is 3. The lowest BCUT2D eigenvalue weighted by Crippen LogP contribution is -2.48. The van der Waals surface area contributed by atoms with E-state index in [1.165, 1.54) is 0 Å². The van der Waals surface area contributed by atoms with Gasteiger partial charge in [0.25, 0.3) is 5.91 Å². The minimum Gasteiger partial charge on any atom is -0.483 e. The van der Waals surface area contributed by atoms with Crippen molar-refractivity contribution < 1.29 is 14.6 Å². The van der Waals surface area contributed by atoms with Crippen molar-refractivity contribution in [1.82, 2.24) is 9.80 Å². The molecule has 0 saturated carbocycles. The number of β-amino-alcohol motifs (C(OH)–C–C–N with tert-alkyl or cyclic N) is 1. The molecule has 1 fully saturated rings. The molecule has 8 nitrogen and oxygen atoms in total. The number of rotatable bonds is 8. The maximum atomic E-state index is 12.8. The normalized spacial score (nSPS) is 15.6. The lowest BCUT2D eigenvalue weighted by molar-refractivity contribution is -0.135. The van der Waals surface area contributed by atoms with Crippen molar-refractivity contribution in [3.05, 3.63) is 44.9 Å². The molecule has 1 aliphatic heterocycles. The summed E-state index contributed by atoms with van der Waals surface area (Å²) in [5.41, 5.74) is 16.3. The van der Waals surface area contributed by atoms with Crippen LogP contribution in [0.25, 0.3) is 0 Å². The van der Waals surface area contributed by atoms with Gasteiger partial charge in [0.05, 0.1) is 21.4 Å². The zero-order chi connectivity index (χ0) is 25.9. The molecular formula is C25H35Cl2N5O3. The van der Waals surface area contributed by atoms with Crippen LogP contribution in [-0.4, -0.2) is 66.4 Å². The molecule has 0 radical (unpaired) electrons. The number of ether oxygens (including phenoxy) is 1. The molecule has 1 heterocycles. The first kappa shape index (κ1) is 27.2. The molecule has 0 bridgehead atoms. The first-order chi connectivity index (χ1) is 16.5. The zero-order valence-electron chi connectivity index (χ0n) is 20.7. The van der Waals surface area contributed by atoms with Crippen LogP contribution < -0.4 is 21.5 Å². The van der Waals surface area contributed by atoms with Gasteiger partial charge in [-0.05, 0) is 68.5 Å². The van der Waals surface area contributed by atoms with Crippen molar-refractivity contribution in [2.45, 2.75) is 45.9 Å². The Kier molecular flexibility index (Phi) is 8.99. The Labute approximate surface area is 217 Å². The van der Waals surface area contributed by atoms with E-state index in [4.69, 9.17) is 39.4 Å². The van der Waals surface area contributed by atoms with Crippen LogP contribution in [0.2, 0.25) is 10.0 Å². The van der Waals surface area contributed by atoms with Crippen molar-refractivity contribution in [1.29, 1.82) is 0 Å². The highest BCUT2D eigenvalue weighted by molar-refractivity contribution is 6.37. The number of carbonyl (C=O) groups is 1. The van der Waals surface area contributed by atoms with Gasteiger partial charge >= 0.3 is 0 Å². The average Bonchev–Trinajstić information content (AvgIpc) is 2.81. The van der Waals surface area contributed by atoms with Crippen molar-refractivity contribution in [2.75, 3.05) is 50.1 Å². The number of nitrogens with zero attached hydrogens (tertiary/aromatic N) is 2. The Hall–Kier alpha value is -2.39. The summed E-state index contributed by atoms with van der Waals surface area (Å²) in [5, 5.41) is 14.2. The molecule has 1 aliphatic rings. The third kappa shape index (κ3) is 6.64. The molecule has 2 aromatic carbocycles. The minimum atomic E-state index is -0.827. The number of amides is 1. The van der Waals surface area contributed by atoms with Crippen molar-refractivity contribution in [3.8, 4) is 5.75 Å². The smallest absolute Gasteiger partial charge is 0.260 e. The number of hydrogen-bond donors (Lipinski definition) is 4. The van der Waals surface area contributed by atoms with Crippen molar-refractivity contribution in [3.63, 3.8) is 0 Å². The standard InChI is InChI=1S/C25H35Cl2N5O3/c1-14-9-20(28)15(2)16(3)25(14)35-13-24(34)31(4)17-5-7-32(8-6-17)12-23(33)30-22-11-18(26)21(29)10-19(22)27/h9-11,17,23,30,33H,5-8,12-13,28-29H2,1-4H3. The van der Waals surface area contributed by atoms with Crippen molar-refractivity contribution >= 4 is 46.2 Å². The number of benzene rings is 2. The predicted molar refractivity (Wildman–Crippen MR) is 143 cm³/mol. The highest BCUT2D eigenvalue weighted by Gasteiger charge is 2.27. The van der Waals surface area contributed by atoms with Gasteiger partial charge in [-0.3, -0.25) is 9.69 Å². The van der Waals surface area contributed by atoms with Gasteiger partial charge < -0.3 is 31.5 Å². The Balaban J connectivity index is 1.47. The number of likely N-dealkylation sites (N-methyl/N-ethyl adjacent to an activating group) is 1. The van der Waals surface area contributed by atoms with Gasteiger partial charge in [0.1, 0.15) is 12.0 Å². The monoisotopic (exact) mass is 523 g/mol. The number of carbonyl (C=O) groups excluding carboxylic acids is 1. The topological polar surface area (TPSA) is 117 Å². The molecule has 0 aliphatic carbocycles. The maximum Gasteiger partial charge on any atom is 0.260 e. The zero-order valence-corrected chi connectivity index (χ0v) is 22.2. The molecule has 1 atom stereocenters.